The van der Waals surface area contributed by atoms with Gasteiger partial charge in [0.05, 0.1) is 17.3 Å². The van der Waals surface area contributed by atoms with E-state index in [1.54, 1.807) is 18.4 Å². The third kappa shape index (κ3) is 3.10. The van der Waals surface area contributed by atoms with Crippen LogP contribution in [-0.2, 0) is 6.54 Å². The van der Waals surface area contributed by atoms with Crippen molar-refractivity contribution in [3.05, 3.63) is 33.7 Å². The summed E-state index contributed by atoms with van der Waals surface area (Å²) in [6.45, 7) is 3.87. The molecule has 0 radical (unpaired) electrons. The molecule has 96 valence electrons. The molecule has 0 atom stereocenters. The lowest BCUT2D eigenvalue weighted by Gasteiger charge is -2.04. The van der Waals surface area contributed by atoms with Gasteiger partial charge in [-0.15, -0.1) is 11.3 Å². The van der Waals surface area contributed by atoms with Crippen molar-refractivity contribution < 1.29 is 4.74 Å². The number of thiazole rings is 1. The molecule has 1 aromatic carbocycles. The average Bonchev–Trinajstić information content (AvgIpc) is 2.85. The Kier molecular flexibility index (Phi) is 4.74. The van der Waals surface area contributed by atoms with Crippen molar-refractivity contribution in [2.45, 2.75) is 13.5 Å². The van der Waals surface area contributed by atoms with Crippen LogP contribution in [0.25, 0.3) is 10.6 Å². The average molecular weight is 327 g/mol. The number of aromatic nitrogens is 1. The fourth-order valence-corrected chi connectivity index (χ4v) is 2.93. The summed E-state index contributed by atoms with van der Waals surface area (Å²) >= 11 is 5.16. The number of rotatable bonds is 5. The van der Waals surface area contributed by atoms with Crippen LogP contribution in [0.2, 0.25) is 0 Å². The summed E-state index contributed by atoms with van der Waals surface area (Å²) < 4.78 is 6.17. The minimum absolute atomic E-state index is 0.824. The van der Waals surface area contributed by atoms with Crippen molar-refractivity contribution in [2.75, 3.05) is 13.7 Å². The molecule has 0 fully saturated rings. The number of ether oxygens (including phenoxy) is 1. The normalized spacial score (nSPS) is 10.6. The maximum atomic E-state index is 5.22. The van der Waals surface area contributed by atoms with Crippen LogP contribution >= 0.6 is 27.3 Å². The van der Waals surface area contributed by atoms with Crippen molar-refractivity contribution >= 4 is 27.3 Å². The molecule has 5 heteroatoms. The van der Waals surface area contributed by atoms with E-state index in [4.69, 9.17) is 4.74 Å². The maximum absolute atomic E-state index is 5.22. The van der Waals surface area contributed by atoms with Crippen molar-refractivity contribution in [1.82, 2.24) is 10.3 Å². The molecule has 0 amide bonds. The summed E-state index contributed by atoms with van der Waals surface area (Å²) in [5.74, 6) is 0.836. The molecule has 1 N–H and O–H groups in total. The highest BCUT2D eigenvalue weighted by atomic mass is 79.9. The standard InChI is InChI=1S/C13H15BrN2OS/c1-3-15-7-10-8-18-13(16-10)9-4-5-12(17-2)11(14)6-9/h4-6,8,15H,3,7H2,1-2H3. The molecule has 0 bridgehead atoms. The van der Waals surface area contributed by atoms with Gasteiger partial charge in [0, 0.05) is 17.5 Å². The molecule has 0 aliphatic carbocycles. The van der Waals surface area contributed by atoms with E-state index >= 15 is 0 Å². The van der Waals surface area contributed by atoms with Crippen molar-refractivity contribution in [3.63, 3.8) is 0 Å². The molecule has 0 spiro atoms. The van der Waals surface area contributed by atoms with Crippen LogP contribution in [0.4, 0.5) is 0 Å². The van der Waals surface area contributed by atoms with Gasteiger partial charge in [-0.3, -0.25) is 0 Å². The van der Waals surface area contributed by atoms with Gasteiger partial charge in [0.25, 0.3) is 0 Å². The van der Waals surface area contributed by atoms with Crippen LogP contribution in [0.3, 0.4) is 0 Å². The number of halogens is 1. The maximum Gasteiger partial charge on any atom is 0.133 e. The zero-order chi connectivity index (χ0) is 13.0. The summed E-state index contributed by atoms with van der Waals surface area (Å²) in [5.41, 5.74) is 2.19. The molecule has 3 nitrogen and oxygen atoms in total. The Morgan fingerprint density at radius 1 is 1.44 bits per heavy atom. The molecule has 0 aliphatic rings. The Hall–Kier alpha value is -0.910. The fraction of sp³-hybridized carbons (Fsp3) is 0.308. The molecule has 0 aliphatic heterocycles. The summed E-state index contributed by atoms with van der Waals surface area (Å²) in [4.78, 5) is 4.61. The first-order valence-electron chi connectivity index (χ1n) is 5.73. The van der Waals surface area contributed by atoms with Crippen LogP contribution in [0.5, 0.6) is 5.75 Å². The van der Waals surface area contributed by atoms with Crippen LogP contribution in [0.15, 0.2) is 28.1 Å². The molecule has 1 heterocycles. The van der Waals surface area contributed by atoms with Crippen molar-refractivity contribution in [3.8, 4) is 16.3 Å². The van der Waals surface area contributed by atoms with E-state index in [0.717, 1.165) is 39.6 Å². The van der Waals surface area contributed by atoms with E-state index in [2.05, 4.69) is 38.5 Å². The van der Waals surface area contributed by atoms with Crippen molar-refractivity contribution in [1.29, 1.82) is 0 Å². The molecule has 18 heavy (non-hydrogen) atoms. The summed E-state index contributed by atoms with van der Waals surface area (Å²) in [5, 5.41) is 6.40. The van der Waals surface area contributed by atoms with Gasteiger partial charge >= 0.3 is 0 Å². The number of methoxy groups -OCH3 is 1. The predicted molar refractivity (Wildman–Crippen MR) is 79.2 cm³/mol. The van der Waals surface area contributed by atoms with Crippen LogP contribution in [0.1, 0.15) is 12.6 Å². The van der Waals surface area contributed by atoms with Gasteiger partial charge in [0.15, 0.2) is 0 Å². The van der Waals surface area contributed by atoms with Gasteiger partial charge in [-0.2, -0.15) is 0 Å². The fourth-order valence-electron chi connectivity index (χ4n) is 1.57. The smallest absolute Gasteiger partial charge is 0.133 e. The Balaban J connectivity index is 2.20. The van der Waals surface area contributed by atoms with E-state index in [9.17, 15) is 0 Å². The number of hydrogen-bond acceptors (Lipinski definition) is 4. The van der Waals surface area contributed by atoms with E-state index in [1.165, 1.54) is 0 Å². The molecular weight excluding hydrogens is 312 g/mol. The molecular formula is C13H15BrN2OS. The van der Waals surface area contributed by atoms with Crippen LogP contribution in [-0.4, -0.2) is 18.6 Å². The Bertz CT molecular complexity index is 527. The van der Waals surface area contributed by atoms with Crippen LogP contribution < -0.4 is 10.1 Å². The monoisotopic (exact) mass is 326 g/mol. The van der Waals surface area contributed by atoms with Gasteiger partial charge in [-0.05, 0) is 40.7 Å². The zero-order valence-corrected chi connectivity index (χ0v) is 12.8. The molecule has 0 saturated carbocycles. The van der Waals surface area contributed by atoms with E-state index < -0.39 is 0 Å². The third-order valence-electron chi connectivity index (χ3n) is 2.51. The van der Waals surface area contributed by atoms with Crippen molar-refractivity contribution in [2.24, 2.45) is 0 Å². The van der Waals surface area contributed by atoms with E-state index in [1.807, 2.05) is 18.2 Å². The van der Waals surface area contributed by atoms with Gasteiger partial charge in [0.1, 0.15) is 10.8 Å². The first-order chi connectivity index (χ1) is 8.74. The predicted octanol–water partition coefficient (Wildman–Crippen LogP) is 3.69. The van der Waals surface area contributed by atoms with Gasteiger partial charge in [-0.1, -0.05) is 6.92 Å². The Labute approximate surface area is 119 Å². The Morgan fingerprint density at radius 3 is 2.94 bits per heavy atom. The number of hydrogen-bond donors (Lipinski definition) is 1. The number of nitrogens with zero attached hydrogens (tertiary/aromatic N) is 1. The minimum Gasteiger partial charge on any atom is -0.496 e. The van der Waals surface area contributed by atoms with Gasteiger partial charge < -0.3 is 10.1 Å². The van der Waals surface area contributed by atoms with Gasteiger partial charge in [0.2, 0.25) is 0 Å². The quantitative estimate of drug-likeness (QED) is 0.909. The number of nitrogens with one attached hydrogen (secondary N) is 1. The lowest BCUT2D eigenvalue weighted by molar-refractivity contribution is 0.412. The summed E-state index contributed by atoms with van der Waals surface area (Å²) in [6, 6.07) is 6.01. The lowest BCUT2D eigenvalue weighted by Crippen LogP contribution is -2.11. The SMILES string of the molecule is CCNCc1csc(-c2ccc(OC)c(Br)c2)n1. The highest BCUT2D eigenvalue weighted by molar-refractivity contribution is 9.10. The molecule has 2 rings (SSSR count). The van der Waals surface area contributed by atoms with Gasteiger partial charge in [-0.25, -0.2) is 4.98 Å². The van der Waals surface area contributed by atoms with E-state index in [-0.39, 0.29) is 0 Å². The lowest BCUT2D eigenvalue weighted by atomic mass is 10.2. The molecule has 2 aromatic rings. The summed E-state index contributed by atoms with van der Waals surface area (Å²) in [6.07, 6.45) is 0. The highest BCUT2D eigenvalue weighted by Gasteiger charge is 2.07. The Morgan fingerprint density at radius 2 is 2.28 bits per heavy atom. The first-order valence-corrected chi connectivity index (χ1v) is 7.41. The third-order valence-corrected chi connectivity index (χ3v) is 4.07. The minimum atomic E-state index is 0.824. The molecule has 0 unspecified atom stereocenters. The largest absolute Gasteiger partial charge is 0.496 e. The number of benzene rings is 1. The second-order valence-electron chi connectivity index (χ2n) is 3.77. The highest BCUT2D eigenvalue weighted by Crippen LogP contribution is 2.31. The first kappa shape index (κ1) is 13.5. The van der Waals surface area contributed by atoms with E-state index in [0.29, 0.717) is 0 Å². The zero-order valence-electron chi connectivity index (χ0n) is 10.4. The van der Waals surface area contributed by atoms with Crippen LogP contribution in [0, 0.1) is 0 Å². The molecule has 0 saturated heterocycles. The topological polar surface area (TPSA) is 34.1 Å². The summed E-state index contributed by atoms with van der Waals surface area (Å²) in [7, 11) is 1.66. The second-order valence-corrected chi connectivity index (χ2v) is 5.49. The second kappa shape index (κ2) is 6.31. The molecule has 1 aromatic heterocycles.